The van der Waals surface area contributed by atoms with E-state index in [0.29, 0.717) is 10.9 Å². The topological polar surface area (TPSA) is 57.1 Å². The van der Waals surface area contributed by atoms with Gasteiger partial charge >= 0.3 is 0 Å². The van der Waals surface area contributed by atoms with E-state index in [2.05, 4.69) is 15.5 Å². The van der Waals surface area contributed by atoms with E-state index in [1.807, 2.05) is 43.3 Å². The van der Waals surface area contributed by atoms with Gasteiger partial charge in [-0.15, -0.1) is 17.5 Å². The molecule has 102 valence electrons. The molecule has 0 bridgehead atoms. The van der Waals surface area contributed by atoms with Gasteiger partial charge in [-0.2, -0.15) is 5.10 Å². The zero-order valence-corrected chi connectivity index (χ0v) is 12.3. The number of hydrogen-bond donors (Lipinski definition) is 1. The van der Waals surface area contributed by atoms with E-state index in [1.165, 1.54) is 11.8 Å². The average molecular weight is 299 g/mol. The predicted molar refractivity (Wildman–Crippen MR) is 83.6 cm³/mol. The van der Waals surface area contributed by atoms with Crippen LogP contribution in [0, 0.1) is 0 Å². The van der Waals surface area contributed by atoms with Crippen LogP contribution in [0.1, 0.15) is 5.56 Å². The quantitative estimate of drug-likeness (QED) is 0.683. The number of halogens is 1. The number of anilines is 1. The number of hydrogen-bond acceptors (Lipinski definition) is 5. The maximum Gasteiger partial charge on any atom is 0.236 e. The van der Waals surface area contributed by atoms with E-state index in [-0.39, 0.29) is 18.3 Å². The lowest BCUT2D eigenvalue weighted by Crippen LogP contribution is -2.19. The molecule has 1 aliphatic heterocycles. The summed E-state index contributed by atoms with van der Waals surface area (Å²) in [6.45, 7) is 0. The molecule has 7 heteroatoms. The summed E-state index contributed by atoms with van der Waals surface area (Å²) < 4.78 is 0. The van der Waals surface area contributed by atoms with Gasteiger partial charge in [0.2, 0.25) is 5.91 Å². The van der Waals surface area contributed by atoms with Gasteiger partial charge in [0.15, 0.2) is 5.17 Å². The van der Waals surface area contributed by atoms with Crippen molar-refractivity contribution in [3.63, 3.8) is 0 Å². The van der Waals surface area contributed by atoms with Crippen LogP contribution in [-0.4, -0.2) is 37.1 Å². The number of amides is 1. The van der Waals surface area contributed by atoms with Crippen molar-refractivity contribution in [3.05, 3.63) is 29.8 Å². The Bertz CT molecular complexity index is 499. The van der Waals surface area contributed by atoms with E-state index in [1.54, 1.807) is 6.21 Å². The standard InChI is InChI=1S/C12H14N4OS.ClH/c1-16(2)10-5-3-9(4-6-10)7-13-15-12-14-11(17)8-18-12;/h3-7H,8H2,1-2H3,(H,14,15,17);1H/b13-7+;. The molecule has 2 rings (SSSR count). The fraction of sp³-hybridized carbons (Fsp3) is 0.250. The molecule has 0 atom stereocenters. The Labute approximate surface area is 122 Å². The highest BCUT2D eigenvalue weighted by molar-refractivity contribution is 8.15. The van der Waals surface area contributed by atoms with Crippen LogP contribution < -0.4 is 10.2 Å². The molecule has 19 heavy (non-hydrogen) atoms. The van der Waals surface area contributed by atoms with Crippen molar-refractivity contribution >= 4 is 47.1 Å². The number of benzene rings is 1. The van der Waals surface area contributed by atoms with Gasteiger partial charge in [-0.05, 0) is 17.7 Å². The smallest absolute Gasteiger partial charge is 0.236 e. The molecule has 0 unspecified atom stereocenters. The Morgan fingerprint density at radius 2 is 2.00 bits per heavy atom. The number of nitrogens with one attached hydrogen (secondary N) is 1. The fourth-order valence-electron chi connectivity index (χ4n) is 1.39. The molecule has 1 saturated heterocycles. The summed E-state index contributed by atoms with van der Waals surface area (Å²) in [4.78, 5) is 13.0. The minimum atomic E-state index is -0.0238. The lowest BCUT2D eigenvalue weighted by Gasteiger charge is -2.11. The Kier molecular flexibility index (Phi) is 5.85. The van der Waals surface area contributed by atoms with Gasteiger partial charge in [0, 0.05) is 19.8 Å². The van der Waals surface area contributed by atoms with E-state index in [0.717, 1.165) is 11.3 Å². The van der Waals surface area contributed by atoms with Crippen molar-refractivity contribution in [2.75, 3.05) is 24.7 Å². The minimum absolute atomic E-state index is 0. The highest BCUT2D eigenvalue weighted by Gasteiger charge is 2.15. The van der Waals surface area contributed by atoms with Crippen LogP contribution in [0.2, 0.25) is 0 Å². The third kappa shape index (κ3) is 4.57. The second kappa shape index (κ2) is 7.16. The first-order chi connectivity index (χ1) is 8.65. The summed E-state index contributed by atoms with van der Waals surface area (Å²) >= 11 is 1.36. The SMILES string of the molecule is CN(C)c1ccc(/C=N/N=C2/NC(=O)CS2)cc1.Cl. The van der Waals surface area contributed by atoms with Crippen molar-refractivity contribution in [1.82, 2.24) is 5.32 Å². The van der Waals surface area contributed by atoms with Crippen LogP contribution in [0.3, 0.4) is 0 Å². The van der Waals surface area contributed by atoms with Crippen LogP contribution in [0.5, 0.6) is 0 Å². The van der Waals surface area contributed by atoms with Crippen molar-refractivity contribution in [2.45, 2.75) is 0 Å². The van der Waals surface area contributed by atoms with Crippen molar-refractivity contribution in [1.29, 1.82) is 0 Å². The summed E-state index contributed by atoms with van der Waals surface area (Å²) in [5, 5.41) is 11.1. The molecule has 0 radical (unpaired) electrons. The summed E-state index contributed by atoms with van der Waals surface area (Å²) in [7, 11) is 3.99. The van der Waals surface area contributed by atoms with Gasteiger partial charge in [-0.3, -0.25) is 4.79 Å². The van der Waals surface area contributed by atoms with E-state index < -0.39 is 0 Å². The number of thioether (sulfide) groups is 1. The highest BCUT2D eigenvalue weighted by Crippen LogP contribution is 2.11. The molecule has 0 aromatic heterocycles. The first kappa shape index (κ1) is 15.5. The molecule has 1 amide bonds. The molecule has 5 nitrogen and oxygen atoms in total. The van der Waals surface area contributed by atoms with E-state index in [4.69, 9.17) is 0 Å². The van der Waals surface area contributed by atoms with Gasteiger partial charge in [0.05, 0.1) is 12.0 Å². The Morgan fingerprint density at radius 3 is 2.53 bits per heavy atom. The van der Waals surface area contributed by atoms with Crippen LogP contribution in [0.15, 0.2) is 34.5 Å². The molecule has 1 N–H and O–H groups in total. The van der Waals surface area contributed by atoms with Crippen LogP contribution in [-0.2, 0) is 4.79 Å². The lowest BCUT2D eigenvalue weighted by molar-refractivity contribution is -0.116. The van der Waals surface area contributed by atoms with Gasteiger partial charge in [-0.25, -0.2) is 0 Å². The zero-order chi connectivity index (χ0) is 13.0. The van der Waals surface area contributed by atoms with Gasteiger partial charge in [0.25, 0.3) is 0 Å². The minimum Gasteiger partial charge on any atom is -0.378 e. The molecular formula is C12H15ClN4OS. The highest BCUT2D eigenvalue weighted by atomic mass is 35.5. The Hall–Kier alpha value is -1.53. The predicted octanol–water partition coefficient (Wildman–Crippen LogP) is 1.73. The summed E-state index contributed by atoms with van der Waals surface area (Å²) in [6, 6.07) is 7.97. The average Bonchev–Trinajstić information content (AvgIpc) is 2.76. The second-order valence-electron chi connectivity index (χ2n) is 3.97. The molecule has 0 saturated carbocycles. The van der Waals surface area contributed by atoms with Crippen LogP contribution in [0.4, 0.5) is 5.69 Å². The largest absolute Gasteiger partial charge is 0.378 e. The van der Waals surface area contributed by atoms with Gasteiger partial charge < -0.3 is 10.2 Å². The second-order valence-corrected chi connectivity index (χ2v) is 4.94. The van der Waals surface area contributed by atoms with Gasteiger partial charge in [0.1, 0.15) is 0 Å². The Balaban J connectivity index is 0.00000180. The molecule has 1 aromatic carbocycles. The first-order valence-electron chi connectivity index (χ1n) is 5.46. The van der Waals surface area contributed by atoms with Crippen molar-refractivity contribution < 1.29 is 4.79 Å². The summed E-state index contributed by atoms with van der Waals surface area (Å²) in [6.07, 6.45) is 1.66. The van der Waals surface area contributed by atoms with Crippen LogP contribution in [0.25, 0.3) is 0 Å². The fourth-order valence-corrected chi connectivity index (χ4v) is 2.02. The molecule has 1 fully saturated rings. The van der Waals surface area contributed by atoms with Crippen molar-refractivity contribution in [3.8, 4) is 0 Å². The number of rotatable bonds is 3. The number of nitrogens with zero attached hydrogens (tertiary/aromatic N) is 3. The normalized spacial score (nSPS) is 16.5. The molecule has 1 heterocycles. The van der Waals surface area contributed by atoms with E-state index >= 15 is 0 Å². The monoisotopic (exact) mass is 298 g/mol. The number of carbonyl (C=O) groups is 1. The zero-order valence-electron chi connectivity index (χ0n) is 10.7. The third-order valence-corrected chi connectivity index (χ3v) is 3.21. The molecule has 1 aromatic rings. The molecule has 1 aliphatic rings. The lowest BCUT2D eigenvalue weighted by atomic mass is 10.2. The van der Waals surface area contributed by atoms with E-state index in [9.17, 15) is 4.79 Å². The third-order valence-electron chi connectivity index (χ3n) is 2.35. The maximum atomic E-state index is 10.9. The first-order valence-corrected chi connectivity index (χ1v) is 6.45. The summed E-state index contributed by atoms with van der Waals surface area (Å²) in [5.74, 6) is 0.399. The molecular weight excluding hydrogens is 284 g/mol. The maximum absolute atomic E-state index is 10.9. The van der Waals surface area contributed by atoms with Gasteiger partial charge in [-0.1, -0.05) is 23.9 Å². The molecule has 0 aliphatic carbocycles. The molecule has 0 spiro atoms. The Morgan fingerprint density at radius 1 is 1.32 bits per heavy atom. The van der Waals surface area contributed by atoms with Crippen molar-refractivity contribution in [2.24, 2.45) is 10.2 Å². The van der Waals surface area contributed by atoms with Crippen LogP contribution >= 0.6 is 24.2 Å². The summed E-state index contributed by atoms with van der Waals surface area (Å²) in [5.41, 5.74) is 2.11. The number of carbonyl (C=O) groups excluding carboxylic acids is 1. The number of amidine groups is 1.